The van der Waals surface area contributed by atoms with E-state index in [0.29, 0.717) is 0 Å². The molecule has 0 spiro atoms. The zero-order valence-corrected chi connectivity index (χ0v) is 8.91. The Morgan fingerprint density at radius 2 is 1.06 bits per heavy atom. The predicted molar refractivity (Wildman–Crippen MR) is 52.6 cm³/mol. The van der Waals surface area contributed by atoms with E-state index in [1.165, 1.54) is 0 Å². The lowest BCUT2D eigenvalue weighted by Crippen LogP contribution is -2.43. The highest BCUT2D eigenvalue weighted by Gasteiger charge is 2.19. The van der Waals surface area contributed by atoms with Crippen LogP contribution < -0.4 is 10.6 Å². The summed E-state index contributed by atoms with van der Waals surface area (Å²) in [6.07, 6.45) is 0. The molecule has 0 fully saturated rings. The zero-order chi connectivity index (χ0) is 14.4. The van der Waals surface area contributed by atoms with Crippen LogP contribution in [0.1, 0.15) is 0 Å². The molecule has 0 unspecified atom stereocenters. The normalized spacial score (nSPS) is 11.2. The predicted octanol–water partition coefficient (Wildman–Crippen LogP) is -5.52. The smallest absolute Gasteiger partial charge is 0.296 e. The van der Waals surface area contributed by atoms with Gasteiger partial charge in [0.15, 0.2) is 0 Å². The molecule has 0 bridgehead atoms. The van der Waals surface area contributed by atoms with Gasteiger partial charge in [-0.3, -0.25) is 9.59 Å². The van der Waals surface area contributed by atoms with Crippen LogP contribution in [0.4, 0.5) is 0 Å². The largest absolute Gasteiger partial charge is 0.342 e. The van der Waals surface area contributed by atoms with Crippen molar-refractivity contribution < 1.29 is 40.2 Å². The summed E-state index contributed by atoms with van der Waals surface area (Å²) in [5.74, 6) is -4.96. The van der Waals surface area contributed by atoms with Gasteiger partial charge in [-0.1, -0.05) is 0 Å². The zero-order valence-electron chi connectivity index (χ0n) is 8.91. The first-order valence-electron chi connectivity index (χ1n) is 4.41. The maximum absolute atomic E-state index is 10.8. The molecule has 2 amide bonds. The monoisotopic (exact) mass is 264 g/mol. The van der Waals surface area contributed by atoms with Crippen LogP contribution in [0.2, 0.25) is 0 Å². The summed E-state index contributed by atoms with van der Waals surface area (Å²) in [6, 6.07) is 0. The molecule has 0 saturated carbocycles. The minimum atomic E-state index is -3.09. The van der Waals surface area contributed by atoms with Crippen molar-refractivity contribution in [2.24, 2.45) is 0 Å². The number of hydrogen-bond acceptors (Lipinski definition) is 8. The first-order chi connectivity index (χ1) is 7.99. The Morgan fingerprint density at radius 1 is 0.778 bits per heavy atom. The van der Waals surface area contributed by atoms with E-state index in [0.717, 1.165) is 0 Å². The van der Waals surface area contributed by atoms with E-state index >= 15 is 0 Å². The van der Waals surface area contributed by atoms with Crippen molar-refractivity contribution in [3.63, 3.8) is 0 Å². The van der Waals surface area contributed by atoms with Crippen LogP contribution in [0.15, 0.2) is 0 Å². The number of aliphatic hydroxyl groups is 6. The first-order valence-corrected chi connectivity index (χ1v) is 4.41. The molecule has 10 heteroatoms. The summed E-state index contributed by atoms with van der Waals surface area (Å²) >= 11 is 0. The number of amides is 2. The molecule has 0 radical (unpaired) electrons. The van der Waals surface area contributed by atoms with Crippen molar-refractivity contribution in [1.29, 1.82) is 0 Å². The molecule has 10 nitrogen and oxygen atoms in total. The fourth-order valence-corrected chi connectivity index (χ4v) is 0.600. The van der Waals surface area contributed by atoms with E-state index in [1.54, 1.807) is 22.5 Å². The van der Waals surface area contributed by atoms with Crippen LogP contribution in [0.3, 0.4) is 0 Å². The lowest BCUT2D eigenvalue weighted by atomic mass is 10.4. The molecule has 0 aromatic rings. The molecule has 0 aliphatic rings. The minimum absolute atomic E-state index is 0.921. The van der Waals surface area contributed by atoms with Gasteiger partial charge in [-0.05, 0) is 0 Å². The van der Waals surface area contributed by atoms with Crippen LogP contribution in [-0.2, 0) is 9.59 Å². The second-order valence-corrected chi connectivity index (χ2v) is 3.16. The molecular weight excluding hydrogens is 252 g/mol. The van der Waals surface area contributed by atoms with E-state index in [1.807, 2.05) is 0 Å². The lowest BCUT2D eigenvalue weighted by molar-refractivity contribution is -0.306. The highest BCUT2D eigenvalue weighted by molar-refractivity contribution is 6.02. The van der Waals surface area contributed by atoms with Gasteiger partial charge in [0.05, 0.1) is 13.1 Å². The molecule has 0 rings (SSSR count). The molecule has 0 atom stereocenters. The number of carbonyl (C=O) groups excluding carboxylic acids is 2. The van der Waals surface area contributed by atoms with Crippen LogP contribution in [0.5, 0.6) is 0 Å². The summed E-state index contributed by atoms with van der Waals surface area (Å²) in [5.41, 5.74) is 0. The molecule has 18 heavy (non-hydrogen) atoms. The van der Waals surface area contributed by atoms with Crippen LogP contribution in [-0.4, -0.2) is 67.5 Å². The third kappa shape index (κ3) is 10.8. The third-order valence-corrected chi connectivity index (χ3v) is 1.26. The average molecular weight is 264 g/mol. The highest BCUT2D eigenvalue weighted by atomic mass is 16.7. The average Bonchev–Trinajstić information content (AvgIpc) is 2.18. The molecule has 0 heterocycles. The quantitative estimate of drug-likeness (QED) is 0.183. The van der Waals surface area contributed by atoms with Gasteiger partial charge in [0.2, 0.25) is 0 Å². The molecule has 0 aliphatic carbocycles. The fraction of sp³-hybridized carbons (Fsp3) is 0.500. The Labute approximate surface area is 100 Å². The maximum Gasteiger partial charge on any atom is 0.296 e. The topological polar surface area (TPSA) is 180 Å². The summed E-state index contributed by atoms with van der Waals surface area (Å²) in [5, 5.41) is 53.9. The Kier molecular flexibility index (Phi) is 5.66. The molecular formula is C8H12N2O8. The second kappa shape index (κ2) is 6.26. The van der Waals surface area contributed by atoms with Crippen molar-refractivity contribution in [2.75, 3.05) is 13.1 Å². The van der Waals surface area contributed by atoms with E-state index in [9.17, 15) is 9.59 Å². The van der Waals surface area contributed by atoms with Crippen molar-refractivity contribution in [1.82, 2.24) is 10.6 Å². The number of rotatable bonds is 4. The Morgan fingerprint density at radius 3 is 1.28 bits per heavy atom. The number of nitrogens with one attached hydrogen (secondary N) is 2. The van der Waals surface area contributed by atoms with Crippen LogP contribution in [0.25, 0.3) is 0 Å². The fourth-order valence-electron chi connectivity index (χ4n) is 0.600. The van der Waals surface area contributed by atoms with Gasteiger partial charge >= 0.3 is 0 Å². The molecule has 0 aromatic heterocycles. The van der Waals surface area contributed by atoms with Crippen molar-refractivity contribution in [3.8, 4) is 11.8 Å². The van der Waals surface area contributed by atoms with E-state index < -0.39 is 36.9 Å². The molecule has 102 valence electrons. The van der Waals surface area contributed by atoms with Gasteiger partial charge in [-0.25, -0.2) is 0 Å². The minimum Gasteiger partial charge on any atom is -0.342 e. The van der Waals surface area contributed by atoms with Crippen molar-refractivity contribution in [3.05, 3.63) is 0 Å². The number of hydrogen-bond donors (Lipinski definition) is 8. The summed E-state index contributed by atoms with van der Waals surface area (Å²) < 4.78 is 0. The summed E-state index contributed by atoms with van der Waals surface area (Å²) in [4.78, 5) is 21.7. The van der Waals surface area contributed by atoms with Gasteiger partial charge in [-0.2, -0.15) is 0 Å². The van der Waals surface area contributed by atoms with E-state index in [2.05, 4.69) is 0 Å². The molecule has 0 aromatic carbocycles. The summed E-state index contributed by atoms with van der Waals surface area (Å²) in [7, 11) is 0. The Hall–Kier alpha value is -1.74. The SMILES string of the molecule is O=C(C#CC(=O)NCC(O)(O)O)NCC(O)(O)O. The van der Waals surface area contributed by atoms with Gasteiger partial charge in [0.25, 0.3) is 23.8 Å². The maximum atomic E-state index is 10.8. The third-order valence-electron chi connectivity index (χ3n) is 1.26. The second-order valence-electron chi connectivity index (χ2n) is 3.16. The standard InChI is InChI=1S/C8H12N2O8/c11-5(9-3-7(13,14)15)1-2-6(12)10-4-8(16,17)18/h13-18H,3-4H2,(H,9,11)(H,10,12). The van der Waals surface area contributed by atoms with Gasteiger partial charge in [0.1, 0.15) is 0 Å². The van der Waals surface area contributed by atoms with E-state index in [-0.39, 0.29) is 0 Å². The first kappa shape index (κ1) is 16.3. The van der Waals surface area contributed by atoms with Crippen LogP contribution in [0, 0.1) is 11.8 Å². The van der Waals surface area contributed by atoms with Crippen molar-refractivity contribution in [2.45, 2.75) is 11.9 Å². The molecule has 0 saturated heterocycles. The van der Waals surface area contributed by atoms with E-state index in [4.69, 9.17) is 30.6 Å². The van der Waals surface area contributed by atoms with Gasteiger partial charge in [0, 0.05) is 11.8 Å². The summed E-state index contributed by atoms with van der Waals surface area (Å²) in [6.45, 7) is -1.84. The molecule has 0 aliphatic heterocycles. The highest BCUT2D eigenvalue weighted by Crippen LogP contribution is 1.88. The molecule has 8 N–H and O–H groups in total. The van der Waals surface area contributed by atoms with Crippen molar-refractivity contribution >= 4 is 11.8 Å². The Balaban J connectivity index is 4.09. The van der Waals surface area contributed by atoms with Gasteiger partial charge < -0.3 is 41.3 Å². The van der Waals surface area contributed by atoms with Gasteiger partial charge in [-0.15, -0.1) is 0 Å². The number of carbonyl (C=O) groups is 2. The Bertz CT molecular complexity index is 335. The lowest BCUT2D eigenvalue weighted by Gasteiger charge is -2.13. The van der Waals surface area contributed by atoms with Crippen LogP contribution >= 0.6 is 0 Å².